The number of nitrogens with one attached hydrogen (secondary N) is 1. The second-order valence-electron chi connectivity index (χ2n) is 6.16. The third kappa shape index (κ3) is 4.29. The number of hydrazine groups is 1. The van der Waals surface area contributed by atoms with E-state index in [1.807, 2.05) is 6.07 Å². The van der Waals surface area contributed by atoms with Crippen molar-refractivity contribution in [2.24, 2.45) is 0 Å². The summed E-state index contributed by atoms with van der Waals surface area (Å²) in [5.41, 5.74) is 7.37. The van der Waals surface area contributed by atoms with Crippen molar-refractivity contribution in [3.05, 3.63) is 48.0 Å². The van der Waals surface area contributed by atoms with Gasteiger partial charge in [0.15, 0.2) is 11.5 Å². The van der Waals surface area contributed by atoms with Crippen LogP contribution >= 0.6 is 11.9 Å². The fraction of sp³-hybridized carbons (Fsp3) is 0.400. The lowest BCUT2D eigenvalue weighted by atomic mass is 9.95. The van der Waals surface area contributed by atoms with Crippen molar-refractivity contribution in [2.75, 3.05) is 27.0 Å². The van der Waals surface area contributed by atoms with E-state index in [1.54, 1.807) is 26.2 Å². The highest BCUT2D eigenvalue weighted by molar-refractivity contribution is 7.96. The van der Waals surface area contributed by atoms with E-state index in [0.29, 0.717) is 6.04 Å². The van der Waals surface area contributed by atoms with Crippen molar-refractivity contribution in [3.8, 4) is 22.6 Å². The Morgan fingerprint density at radius 2 is 1.92 bits per heavy atom. The van der Waals surface area contributed by atoms with Gasteiger partial charge in [0.2, 0.25) is 0 Å². The van der Waals surface area contributed by atoms with Gasteiger partial charge in [0.1, 0.15) is 0 Å². The molecule has 1 unspecified atom stereocenters. The van der Waals surface area contributed by atoms with Gasteiger partial charge in [-0.2, -0.15) is 4.41 Å². The normalized spacial score (nSPS) is 17.6. The maximum atomic E-state index is 5.46. The summed E-state index contributed by atoms with van der Waals surface area (Å²) < 4.78 is 13.0. The smallest absolute Gasteiger partial charge is 0.161 e. The Bertz CT molecular complexity index is 708. The van der Waals surface area contributed by atoms with Crippen LogP contribution in [0.15, 0.2) is 42.5 Å². The van der Waals surface area contributed by atoms with Gasteiger partial charge in [-0.15, -0.1) is 0 Å². The SMILES string of the molecule is COc1ccc(-c2ccccc2CCC2CCN(SC)N2)cc1OC. The summed E-state index contributed by atoms with van der Waals surface area (Å²) in [7, 11) is 3.34. The molecule has 1 fully saturated rings. The van der Waals surface area contributed by atoms with Gasteiger partial charge in [0, 0.05) is 12.6 Å². The van der Waals surface area contributed by atoms with E-state index in [9.17, 15) is 0 Å². The largest absolute Gasteiger partial charge is 0.493 e. The molecule has 0 radical (unpaired) electrons. The minimum absolute atomic E-state index is 0.561. The van der Waals surface area contributed by atoms with Crippen LogP contribution in [0.2, 0.25) is 0 Å². The van der Waals surface area contributed by atoms with Gasteiger partial charge in [0.25, 0.3) is 0 Å². The van der Waals surface area contributed by atoms with Crippen LogP contribution in [0.3, 0.4) is 0 Å². The standard InChI is InChI=1S/C20H26N2O2S/c1-23-19-11-9-16(14-20(19)24-2)18-7-5-4-6-15(18)8-10-17-12-13-22(21-17)25-3/h4-7,9,11,14,17,21H,8,10,12-13H2,1-3H3. The lowest BCUT2D eigenvalue weighted by Crippen LogP contribution is -2.30. The third-order valence-electron chi connectivity index (χ3n) is 4.70. The topological polar surface area (TPSA) is 33.7 Å². The van der Waals surface area contributed by atoms with Gasteiger partial charge in [-0.25, -0.2) is 5.43 Å². The minimum Gasteiger partial charge on any atom is -0.493 e. The van der Waals surface area contributed by atoms with E-state index in [4.69, 9.17) is 9.47 Å². The Hall–Kier alpha value is -1.69. The highest BCUT2D eigenvalue weighted by atomic mass is 32.2. The number of ether oxygens (including phenoxy) is 2. The zero-order valence-electron chi connectivity index (χ0n) is 15.1. The first-order valence-corrected chi connectivity index (χ1v) is 9.81. The van der Waals surface area contributed by atoms with Crippen LogP contribution in [-0.4, -0.2) is 37.5 Å². The molecule has 0 saturated carbocycles. The Morgan fingerprint density at radius 1 is 1.12 bits per heavy atom. The summed E-state index contributed by atoms with van der Waals surface area (Å²) in [6, 6.07) is 15.3. The molecule has 1 aliphatic heterocycles. The van der Waals surface area contributed by atoms with Crippen LogP contribution in [0.5, 0.6) is 11.5 Å². The molecule has 25 heavy (non-hydrogen) atoms. The summed E-state index contributed by atoms with van der Waals surface area (Å²) in [6.07, 6.45) is 5.52. The quantitative estimate of drug-likeness (QED) is 0.752. The monoisotopic (exact) mass is 358 g/mol. The molecule has 0 aromatic heterocycles. The lowest BCUT2D eigenvalue weighted by Gasteiger charge is -2.16. The van der Waals surface area contributed by atoms with E-state index in [1.165, 1.54) is 23.1 Å². The number of nitrogens with zero attached hydrogens (tertiary/aromatic N) is 1. The highest BCUT2D eigenvalue weighted by Gasteiger charge is 2.21. The lowest BCUT2D eigenvalue weighted by molar-refractivity contribution is 0.355. The number of hydrogen-bond acceptors (Lipinski definition) is 5. The van der Waals surface area contributed by atoms with Crippen LogP contribution in [0, 0.1) is 0 Å². The number of benzene rings is 2. The molecule has 4 nitrogen and oxygen atoms in total. The number of rotatable bonds is 7. The molecule has 1 heterocycles. The van der Waals surface area contributed by atoms with E-state index in [0.717, 1.165) is 30.9 Å². The first kappa shape index (κ1) is 18.1. The van der Waals surface area contributed by atoms with Crippen molar-refractivity contribution in [3.63, 3.8) is 0 Å². The zero-order chi connectivity index (χ0) is 17.6. The van der Waals surface area contributed by atoms with Crippen molar-refractivity contribution in [1.82, 2.24) is 9.84 Å². The second-order valence-corrected chi connectivity index (χ2v) is 6.97. The van der Waals surface area contributed by atoms with Gasteiger partial charge in [0.05, 0.1) is 14.2 Å². The number of methoxy groups -OCH3 is 2. The van der Waals surface area contributed by atoms with E-state index >= 15 is 0 Å². The second kappa shape index (κ2) is 8.61. The fourth-order valence-corrected chi connectivity index (χ4v) is 3.85. The van der Waals surface area contributed by atoms with Crippen molar-refractivity contribution in [2.45, 2.75) is 25.3 Å². The molecule has 5 heteroatoms. The minimum atomic E-state index is 0.561. The van der Waals surface area contributed by atoms with Gasteiger partial charge in [-0.1, -0.05) is 42.3 Å². The highest BCUT2D eigenvalue weighted by Crippen LogP contribution is 2.34. The van der Waals surface area contributed by atoms with Crippen LogP contribution in [0.25, 0.3) is 11.1 Å². The van der Waals surface area contributed by atoms with Gasteiger partial charge < -0.3 is 9.47 Å². The van der Waals surface area contributed by atoms with Crippen molar-refractivity contribution in [1.29, 1.82) is 0 Å². The predicted octanol–water partition coefficient (Wildman–Crippen LogP) is 4.16. The number of hydrogen-bond donors (Lipinski definition) is 1. The molecule has 1 aliphatic rings. The van der Waals surface area contributed by atoms with E-state index in [-0.39, 0.29) is 0 Å². The predicted molar refractivity (Wildman–Crippen MR) is 105 cm³/mol. The third-order valence-corrected chi connectivity index (χ3v) is 5.43. The van der Waals surface area contributed by atoms with Crippen LogP contribution in [0.4, 0.5) is 0 Å². The molecule has 3 rings (SSSR count). The van der Waals surface area contributed by atoms with E-state index in [2.05, 4.69) is 52.5 Å². The Morgan fingerprint density at radius 3 is 2.64 bits per heavy atom. The summed E-state index contributed by atoms with van der Waals surface area (Å²) in [4.78, 5) is 0. The van der Waals surface area contributed by atoms with Crippen LogP contribution < -0.4 is 14.9 Å². The van der Waals surface area contributed by atoms with Gasteiger partial charge in [-0.05, 0) is 54.3 Å². The summed E-state index contributed by atoms with van der Waals surface area (Å²) >= 11 is 1.76. The molecule has 134 valence electrons. The maximum absolute atomic E-state index is 5.46. The molecule has 1 saturated heterocycles. The molecule has 1 N–H and O–H groups in total. The zero-order valence-corrected chi connectivity index (χ0v) is 15.9. The summed E-state index contributed by atoms with van der Waals surface area (Å²) in [5.74, 6) is 1.53. The number of aryl methyl sites for hydroxylation is 1. The van der Waals surface area contributed by atoms with Gasteiger partial charge >= 0.3 is 0 Å². The molecular formula is C20H26N2O2S. The average molecular weight is 359 g/mol. The average Bonchev–Trinajstić information content (AvgIpc) is 3.14. The molecule has 0 bridgehead atoms. The van der Waals surface area contributed by atoms with Crippen LogP contribution in [0.1, 0.15) is 18.4 Å². The maximum Gasteiger partial charge on any atom is 0.161 e. The molecule has 0 spiro atoms. The van der Waals surface area contributed by atoms with Crippen molar-refractivity contribution < 1.29 is 9.47 Å². The molecule has 1 atom stereocenters. The Labute approximate surface area is 154 Å². The van der Waals surface area contributed by atoms with Crippen molar-refractivity contribution >= 4 is 11.9 Å². The first-order valence-electron chi connectivity index (χ1n) is 8.63. The molecule has 0 aliphatic carbocycles. The fourth-order valence-electron chi connectivity index (χ4n) is 3.31. The summed E-state index contributed by atoms with van der Waals surface area (Å²) in [5, 5.41) is 0. The van der Waals surface area contributed by atoms with E-state index < -0.39 is 0 Å². The molecular weight excluding hydrogens is 332 g/mol. The van der Waals surface area contributed by atoms with Gasteiger partial charge in [-0.3, -0.25) is 0 Å². The Balaban J connectivity index is 1.77. The first-order chi connectivity index (χ1) is 12.2. The molecule has 2 aromatic rings. The molecule has 0 amide bonds. The summed E-state index contributed by atoms with van der Waals surface area (Å²) in [6.45, 7) is 1.11. The Kier molecular flexibility index (Phi) is 6.24. The molecule has 2 aromatic carbocycles. The van der Waals surface area contributed by atoms with Crippen LogP contribution in [-0.2, 0) is 6.42 Å².